The normalized spacial score (nSPS) is 11.8. The Balaban J connectivity index is 1.65. The molecule has 6 nitrogen and oxygen atoms in total. The first kappa shape index (κ1) is 22.5. The molecule has 0 aliphatic carbocycles. The van der Waals surface area contributed by atoms with Crippen molar-refractivity contribution in [2.45, 2.75) is 19.8 Å². The fourth-order valence-corrected chi connectivity index (χ4v) is 4.51. The van der Waals surface area contributed by atoms with E-state index in [4.69, 9.17) is 4.98 Å². The Morgan fingerprint density at radius 3 is 2.21 bits per heavy atom. The predicted molar refractivity (Wildman–Crippen MR) is 128 cm³/mol. The summed E-state index contributed by atoms with van der Waals surface area (Å²) < 4.78 is 13.2. The zero-order valence-electron chi connectivity index (χ0n) is 18.0. The Hall–Kier alpha value is -3.65. The number of carboxylic acid groups (broad SMARTS) is 1. The standard InChI is InChI=1S/C25H23FN4O2S/c1-2-3-19(24(31)32)14-29-25-30-22(23(33-25)20-12-27-15-28-13-20)18-6-4-16(5-7-18)17-8-10-21(26)11-9-17/h4-13,15,19H,2-3,14H2,1H3,(H,29,30)(H,31,32). The van der Waals surface area contributed by atoms with Gasteiger partial charge in [-0.3, -0.25) is 4.79 Å². The molecule has 4 rings (SSSR count). The second-order valence-electron chi connectivity index (χ2n) is 7.61. The number of anilines is 1. The molecule has 2 N–H and O–H groups in total. The van der Waals surface area contributed by atoms with Crippen molar-refractivity contribution in [2.24, 2.45) is 5.92 Å². The van der Waals surface area contributed by atoms with E-state index in [-0.39, 0.29) is 5.82 Å². The molecule has 0 spiro atoms. The predicted octanol–water partition coefficient (Wildman–Crippen LogP) is 5.99. The zero-order valence-corrected chi connectivity index (χ0v) is 18.8. The van der Waals surface area contributed by atoms with E-state index in [1.54, 1.807) is 24.5 Å². The molecule has 0 saturated carbocycles. The molecule has 1 unspecified atom stereocenters. The van der Waals surface area contributed by atoms with Crippen molar-refractivity contribution < 1.29 is 14.3 Å². The topological polar surface area (TPSA) is 88.0 Å². The van der Waals surface area contributed by atoms with Gasteiger partial charge in [0.05, 0.1) is 16.5 Å². The maximum absolute atomic E-state index is 13.2. The monoisotopic (exact) mass is 462 g/mol. The number of halogens is 1. The highest BCUT2D eigenvalue weighted by molar-refractivity contribution is 7.19. The highest BCUT2D eigenvalue weighted by Crippen LogP contribution is 2.39. The van der Waals surface area contributed by atoms with Crippen LogP contribution in [0, 0.1) is 11.7 Å². The molecule has 0 amide bonds. The first-order valence-electron chi connectivity index (χ1n) is 10.6. The number of aromatic nitrogens is 3. The molecule has 2 aromatic carbocycles. The van der Waals surface area contributed by atoms with Crippen molar-refractivity contribution >= 4 is 22.4 Å². The first-order chi connectivity index (χ1) is 16.0. The van der Waals surface area contributed by atoms with E-state index in [1.165, 1.54) is 29.8 Å². The summed E-state index contributed by atoms with van der Waals surface area (Å²) in [5.74, 6) is -1.55. The lowest BCUT2D eigenvalue weighted by Crippen LogP contribution is -2.22. The number of aliphatic carboxylic acids is 1. The third-order valence-electron chi connectivity index (χ3n) is 5.27. The maximum atomic E-state index is 13.2. The van der Waals surface area contributed by atoms with Gasteiger partial charge in [-0.25, -0.2) is 19.3 Å². The summed E-state index contributed by atoms with van der Waals surface area (Å²) in [5, 5.41) is 13.3. The quantitative estimate of drug-likeness (QED) is 0.318. The summed E-state index contributed by atoms with van der Waals surface area (Å²) in [6, 6.07) is 14.3. The average molecular weight is 463 g/mol. The lowest BCUT2D eigenvalue weighted by Gasteiger charge is -2.11. The summed E-state index contributed by atoms with van der Waals surface area (Å²) in [6.45, 7) is 2.28. The van der Waals surface area contributed by atoms with Gasteiger partial charge in [-0.1, -0.05) is 61.1 Å². The smallest absolute Gasteiger partial charge is 0.308 e. The van der Waals surface area contributed by atoms with Crippen LogP contribution in [0.2, 0.25) is 0 Å². The van der Waals surface area contributed by atoms with Crippen molar-refractivity contribution in [3.8, 4) is 32.8 Å². The molecule has 168 valence electrons. The van der Waals surface area contributed by atoms with Crippen molar-refractivity contribution in [3.63, 3.8) is 0 Å². The minimum Gasteiger partial charge on any atom is -0.481 e. The number of carboxylic acids is 1. The van der Waals surface area contributed by atoms with Crippen LogP contribution in [0.25, 0.3) is 32.8 Å². The van der Waals surface area contributed by atoms with Gasteiger partial charge in [0, 0.05) is 30.1 Å². The van der Waals surface area contributed by atoms with Crippen LogP contribution in [0.4, 0.5) is 9.52 Å². The summed E-state index contributed by atoms with van der Waals surface area (Å²) in [4.78, 5) is 25.4. The van der Waals surface area contributed by atoms with E-state index in [9.17, 15) is 14.3 Å². The molecule has 0 radical (unpaired) electrons. The Morgan fingerprint density at radius 2 is 1.61 bits per heavy atom. The molecule has 0 bridgehead atoms. The molecular weight excluding hydrogens is 439 g/mol. The molecular formula is C25H23FN4O2S. The number of carbonyl (C=O) groups is 1. The first-order valence-corrected chi connectivity index (χ1v) is 11.5. The molecule has 2 aromatic heterocycles. The van der Waals surface area contributed by atoms with Gasteiger partial charge >= 0.3 is 5.97 Å². The van der Waals surface area contributed by atoms with Crippen molar-refractivity contribution in [1.82, 2.24) is 15.0 Å². The van der Waals surface area contributed by atoms with Crippen molar-refractivity contribution in [2.75, 3.05) is 11.9 Å². The third kappa shape index (κ3) is 5.40. The number of benzene rings is 2. The van der Waals surface area contributed by atoms with Gasteiger partial charge in [0.1, 0.15) is 12.1 Å². The van der Waals surface area contributed by atoms with Gasteiger partial charge in [-0.05, 0) is 29.7 Å². The van der Waals surface area contributed by atoms with Crippen molar-refractivity contribution in [3.05, 3.63) is 73.1 Å². The summed E-state index contributed by atoms with van der Waals surface area (Å²) in [7, 11) is 0. The number of thiazole rings is 1. The summed E-state index contributed by atoms with van der Waals surface area (Å²) in [5.41, 5.74) is 4.42. The van der Waals surface area contributed by atoms with Gasteiger partial charge in [0.2, 0.25) is 0 Å². The molecule has 0 fully saturated rings. The van der Waals surface area contributed by atoms with E-state index in [1.807, 2.05) is 31.2 Å². The molecule has 1 atom stereocenters. The largest absolute Gasteiger partial charge is 0.481 e. The van der Waals surface area contributed by atoms with Crippen LogP contribution in [-0.4, -0.2) is 32.6 Å². The van der Waals surface area contributed by atoms with Gasteiger partial charge < -0.3 is 10.4 Å². The Labute approximate surface area is 195 Å². The Bertz CT molecular complexity index is 1210. The van der Waals surface area contributed by atoms with E-state index in [0.29, 0.717) is 18.1 Å². The lowest BCUT2D eigenvalue weighted by molar-refractivity contribution is -0.141. The molecule has 0 aliphatic rings. The minimum absolute atomic E-state index is 0.267. The number of hydrogen-bond acceptors (Lipinski definition) is 6. The summed E-state index contributed by atoms with van der Waals surface area (Å²) >= 11 is 1.44. The van der Waals surface area contributed by atoms with E-state index in [0.717, 1.165) is 39.2 Å². The molecule has 2 heterocycles. The van der Waals surface area contributed by atoms with Gasteiger partial charge in [0.15, 0.2) is 5.13 Å². The van der Waals surface area contributed by atoms with Crippen LogP contribution < -0.4 is 5.32 Å². The fraction of sp³-hybridized carbons (Fsp3) is 0.200. The third-order valence-corrected chi connectivity index (χ3v) is 6.33. The van der Waals surface area contributed by atoms with E-state index >= 15 is 0 Å². The Morgan fingerprint density at radius 1 is 1.00 bits per heavy atom. The van der Waals surface area contributed by atoms with Gasteiger partial charge in [-0.15, -0.1) is 0 Å². The number of nitrogens with zero attached hydrogens (tertiary/aromatic N) is 3. The van der Waals surface area contributed by atoms with Crippen LogP contribution in [0.3, 0.4) is 0 Å². The molecule has 0 saturated heterocycles. The van der Waals surface area contributed by atoms with Crippen molar-refractivity contribution in [1.29, 1.82) is 0 Å². The van der Waals surface area contributed by atoms with E-state index in [2.05, 4.69) is 15.3 Å². The highest BCUT2D eigenvalue weighted by atomic mass is 32.1. The fourth-order valence-electron chi connectivity index (χ4n) is 3.54. The number of nitrogens with one attached hydrogen (secondary N) is 1. The molecule has 33 heavy (non-hydrogen) atoms. The summed E-state index contributed by atoms with van der Waals surface area (Å²) in [6.07, 6.45) is 6.35. The average Bonchev–Trinajstić information content (AvgIpc) is 3.27. The number of hydrogen-bond donors (Lipinski definition) is 2. The molecule has 4 aromatic rings. The van der Waals surface area contributed by atoms with Crippen LogP contribution in [-0.2, 0) is 4.79 Å². The maximum Gasteiger partial charge on any atom is 0.308 e. The lowest BCUT2D eigenvalue weighted by atomic mass is 10.0. The van der Waals surface area contributed by atoms with E-state index < -0.39 is 11.9 Å². The number of rotatable bonds is 9. The zero-order chi connectivity index (χ0) is 23.2. The second-order valence-corrected chi connectivity index (χ2v) is 8.61. The molecule has 8 heteroatoms. The van der Waals surface area contributed by atoms with Gasteiger partial charge in [0.25, 0.3) is 0 Å². The highest BCUT2D eigenvalue weighted by Gasteiger charge is 2.19. The van der Waals surface area contributed by atoms with Gasteiger partial charge in [-0.2, -0.15) is 0 Å². The van der Waals surface area contributed by atoms with Crippen LogP contribution in [0.1, 0.15) is 19.8 Å². The van der Waals surface area contributed by atoms with Crippen LogP contribution >= 0.6 is 11.3 Å². The van der Waals surface area contributed by atoms with Crippen LogP contribution in [0.5, 0.6) is 0 Å². The Kier molecular flexibility index (Phi) is 7.04. The van der Waals surface area contributed by atoms with Crippen LogP contribution in [0.15, 0.2) is 67.3 Å². The SMILES string of the molecule is CCCC(CNc1nc(-c2ccc(-c3ccc(F)cc3)cc2)c(-c2cncnc2)s1)C(=O)O. The minimum atomic E-state index is -0.811. The second kappa shape index (κ2) is 10.3. The molecule has 0 aliphatic heterocycles.